The second kappa shape index (κ2) is 5.21. The molecule has 0 aliphatic rings. The van der Waals surface area contributed by atoms with E-state index in [0.29, 0.717) is 16.5 Å². The fourth-order valence-electron chi connectivity index (χ4n) is 1.84. The number of phenols is 1. The zero-order valence-electron chi connectivity index (χ0n) is 11.5. The highest BCUT2D eigenvalue weighted by Gasteiger charge is 2.17. The Morgan fingerprint density at radius 3 is 2.55 bits per heavy atom. The molecule has 20 heavy (non-hydrogen) atoms. The molecular formula is C15H16ClNO3. The molecule has 2 aromatic carbocycles. The summed E-state index contributed by atoms with van der Waals surface area (Å²) in [6.45, 7) is 5.38. The van der Waals surface area contributed by atoms with Crippen LogP contribution < -0.4 is 5.32 Å². The fourth-order valence-corrected chi connectivity index (χ4v) is 2.00. The van der Waals surface area contributed by atoms with Crippen LogP contribution in [0.25, 0.3) is 10.8 Å². The molecule has 5 heteroatoms. The maximum atomic E-state index is 11.8. The summed E-state index contributed by atoms with van der Waals surface area (Å²) in [5.74, 6) is -0.00277. The molecule has 0 saturated heterocycles. The minimum atomic E-state index is -0.569. The van der Waals surface area contributed by atoms with E-state index in [4.69, 9.17) is 16.3 Å². The Kier molecular flexibility index (Phi) is 3.77. The number of carbonyl (C=O) groups is 1. The molecule has 0 atom stereocenters. The molecule has 2 aromatic rings. The molecule has 0 heterocycles. The van der Waals surface area contributed by atoms with Crippen LogP contribution in [0.1, 0.15) is 20.8 Å². The Balaban J connectivity index is 2.36. The Morgan fingerprint density at radius 1 is 1.20 bits per heavy atom. The van der Waals surface area contributed by atoms with Gasteiger partial charge in [-0.15, -0.1) is 0 Å². The zero-order chi connectivity index (χ0) is 14.9. The van der Waals surface area contributed by atoms with Crippen molar-refractivity contribution in [2.75, 3.05) is 5.32 Å². The molecule has 0 aliphatic heterocycles. The minimum Gasteiger partial charge on any atom is -0.506 e. The molecule has 0 saturated carbocycles. The number of halogens is 1. The number of anilines is 1. The summed E-state index contributed by atoms with van der Waals surface area (Å²) in [6, 6.07) is 8.52. The summed E-state index contributed by atoms with van der Waals surface area (Å²) in [5.41, 5.74) is -0.0103. The number of aromatic hydroxyl groups is 1. The Hall–Kier alpha value is -1.94. The van der Waals surface area contributed by atoms with Gasteiger partial charge >= 0.3 is 6.09 Å². The highest BCUT2D eigenvalue weighted by atomic mass is 35.5. The first-order chi connectivity index (χ1) is 9.28. The quantitative estimate of drug-likeness (QED) is 0.811. The van der Waals surface area contributed by atoms with Crippen molar-refractivity contribution in [1.29, 1.82) is 0 Å². The largest absolute Gasteiger partial charge is 0.506 e. The first-order valence-corrected chi connectivity index (χ1v) is 6.56. The highest BCUT2D eigenvalue weighted by molar-refractivity contribution is 6.33. The van der Waals surface area contributed by atoms with Gasteiger partial charge in [0.05, 0.1) is 10.7 Å². The van der Waals surface area contributed by atoms with Crippen molar-refractivity contribution >= 4 is 34.2 Å². The molecule has 2 rings (SSSR count). The number of ether oxygens (including phenoxy) is 1. The number of hydrogen-bond donors (Lipinski definition) is 2. The molecule has 4 nitrogen and oxygen atoms in total. The van der Waals surface area contributed by atoms with Crippen molar-refractivity contribution in [3.8, 4) is 5.75 Å². The van der Waals surface area contributed by atoms with Crippen molar-refractivity contribution in [1.82, 2.24) is 0 Å². The van der Waals surface area contributed by atoms with Crippen molar-refractivity contribution in [2.24, 2.45) is 0 Å². The van der Waals surface area contributed by atoms with Crippen LogP contribution in [-0.4, -0.2) is 16.8 Å². The van der Waals surface area contributed by atoms with Crippen LogP contribution in [0.4, 0.5) is 10.5 Å². The number of carbonyl (C=O) groups excluding carboxylic acids is 1. The zero-order valence-corrected chi connectivity index (χ0v) is 12.3. The summed E-state index contributed by atoms with van der Waals surface area (Å²) in [7, 11) is 0. The van der Waals surface area contributed by atoms with Gasteiger partial charge in [0.15, 0.2) is 0 Å². The van der Waals surface area contributed by atoms with Gasteiger partial charge in [0, 0.05) is 10.8 Å². The van der Waals surface area contributed by atoms with Gasteiger partial charge in [-0.1, -0.05) is 29.8 Å². The third-order valence-electron chi connectivity index (χ3n) is 2.62. The number of benzene rings is 2. The van der Waals surface area contributed by atoms with Crippen LogP contribution in [0.15, 0.2) is 30.3 Å². The number of phenolic OH excluding ortho intramolecular Hbond substituents is 1. The summed E-state index contributed by atoms with van der Waals surface area (Å²) >= 11 is 5.87. The van der Waals surface area contributed by atoms with Crippen LogP contribution in [0.2, 0.25) is 5.02 Å². The van der Waals surface area contributed by atoms with Crippen molar-refractivity contribution in [3.63, 3.8) is 0 Å². The van der Waals surface area contributed by atoms with Crippen molar-refractivity contribution < 1.29 is 14.6 Å². The van der Waals surface area contributed by atoms with Gasteiger partial charge in [0.25, 0.3) is 0 Å². The van der Waals surface area contributed by atoms with E-state index in [-0.39, 0.29) is 10.8 Å². The maximum Gasteiger partial charge on any atom is 0.412 e. The molecular weight excluding hydrogens is 278 g/mol. The molecule has 0 fully saturated rings. The number of hydrogen-bond acceptors (Lipinski definition) is 3. The Bertz CT molecular complexity index is 662. The third kappa shape index (κ3) is 3.14. The second-order valence-electron chi connectivity index (χ2n) is 5.42. The number of nitrogens with one attached hydrogen (secondary N) is 1. The summed E-state index contributed by atoms with van der Waals surface area (Å²) < 4.78 is 5.21. The lowest BCUT2D eigenvalue weighted by Gasteiger charge is -2.20. The van der Waals surface area contributed by atoms with Gasteiger partial charge in [-0.2, -0.15) is 0 Å². The molecule has 0 unspecified atom stereocenters. The highest BCUT2D eigenvalue weighted by Crippen LogP contribution is 2.35. The molecule has 0 radical (unpaired) electrons. The van der Waals surface area contributed by atoms with E-state index in [9.17, 15) is 9.90 Å². The van der Waals surface area contributed by atoms with Gasteiger partial charge < -0.3 is 9.84 Å². The van der Waals surface area contributed by atoms with Gasteiger partial charge in [-0.25, -0.2) is 4.79 Å². The number of rotatable bonds is 1. The molecule has 1 amide bonds. The molecule has 0 bridgehead atoms. The summed E-state index contributed by atoms with van der Waals surface area (Å²) in [4.78, 5) is 11.8. The minimum absolute atomic E-state index is 0.00277. The van der Waals surface area contributed by atoms with Gasteiger partial charge in [0.1, 0.15) is 11.4 Å². The van der Waals surface area contributed by atoms with Gasteiger partial charge in [-0.05, 0) is 32.9 Å². The average molecular weight is 294 g/mol. The predicted octanol–water partition coefficient (Wildman–Crippen LogP) is 4.55. The fraction of sp³-hybridized carbons (Fsp3) is 0.267. The molecule has 0 aromatic heterocycles. The molecule has 106 valence electrons. The third-order valence-corrected chi connectivity index (χ3v) is 2.92. The van der Waals surface area contributed by atoms with Crippen LogP contribution in [0.3, 0.4) is 0 Å². The van der Waals surface area contributed by atoms with E-state index in [1.165, 1.54) is 0 Å². The standard InChI is InChI=1S/C15H16ClNO3/c1-15(2,3)20-14(19)17-12-6-4-5-10-9(12)7-8-11(16)13(10)18/h4-8,18H,1-3H3,(H,17,19). The second-order valence-corrected chi connectivity index (χ2v) is 5.83. The van der Waals surface area contributed by atoms with E-state index in [1.807, 2.05) is 0 Å². The van der Waals surface area contributed by atoms with Gasteiger partial charge in [0.2, 0.25) is 0 Å². The lowest BCUT2D eigenvalue weighted by atomic mass is 10.1. The topological polar surface area (TPSA) is 58.6 Å². The number of amides is 1. The molecule has 2 N–H and O–H groups in total. The van der Waals surface area contributed by atoms with Gasteiger partial charge in [-0.3, -0.25) is 5.32 Å². The van der Waals surface area contributed by atoms with Crippen molar-refractivity contribution in [3.05, 3.63) is 35.4 Å². The summed E-state index contributed by atoms with van der Waals surface area (Å²) in [6.07, 6.45) is -0.542. The lowest BCUT2D eigenvalue weighted by molar-refractivity contribution is 0.0636. The SMILES string of the molecule is CC(C)(C)OC(=O)Nc1cccc2c(O)c(Cl)ccc12. The van der Waals surface area contributed by atoms with Crippen LogP contribution in [0, 0.1) is 0 Å². The predicted molar refractivity (Wildman–Crippen MR) is 80.5 cm³/mol. The molecule has 0 aliphatic carbocycles. The van der Waals surface area contributed by atoms with E-state index in [1.54, 1.807) is 51.1 Å². The number of fused-ring (bicyclic) bond motifs is 1. The van der Waals surface area contributed by atoms with Crippen LogP contribution in [0.5, 0.6) is 5.75 Å². The Labute approximate surface area is 122 Å². The molecule has 0 spiro atoms. The van der Waals surface area contributed by atoms with E-state index >= 15 is 0 Å². The monoisotopic (exact) mass is 293 g/mol. The van der Waals surface area contributed by atoms with E-state index in [0.717, 1.165) is 0 Å². The van der Waals surface area contributed by atoms with Crippen LogP contribution in [-0.2, 0) is 4.74 Å². The van der Waals surface area contributed by atoms with E-state index in [2.05, 4.69) is 5.32 Å². The smallest absolute Gasteiger partial charge is 0.412 e. The Morgan fingerprint density at radius 2 is 1.90 bits per heavy atom. The first kappa shape index (κ1) is 14.5. The van der Waals surface area contributed by atoms with Crippen LogP contribution >= 0.6 is 11.6 Å². The van der Waals surface area contributed by atoms with E-state index < -0.39 is 11.7 Å². The maximum absolute atomic E-state index is 11.8. The van der Waals surface area contributed by atoms with Crippen molar-refractivity contribution in [2.45, 2.75) is 26.4 Å². The average Bonchev–Trinajstić information content (AvgIpc) is 2.32. The summed E-state index contributed by atoms with van der Waals surface area (Å²) in [5, 5.41) is 14.1. The first-order valence-electron chi connectivity index (χ1n) is 6.18. The normalized spacial score (nSPS) is 11.4. The lowest BCUT2D eigenvalue weighted by Crippen LogP contribution is -2.27.